The van der Waals surface area contributed by atoms with Crippen LogP contribution in [-0.2, 0) is 18.8 Å². The molecule has 0 radical (unpaired) electrons. The predicted molar refractivity (Wildman–Crippen MR) is 112 cm³/mol. The van der Waals surface area contributed by atoms with Crippen molar-refractivity contribution < 1.29 is 21.9 Å². The molecule has 0 fully saturated rings. The van der Waals surface area contributed by atoms with Crippen molar-refractivity contribution in [3.8, 4) is 0 Å². The van der Waals surface area contributed by atoms with Crippen molar-refractivity contribution in [3.05, 3.63) is 29.8 Å². The molecule has 0 bridgehead atoms. The second-order valence-corrected chi connectivity index (χ2v) is 12.3. The number of unbranched alkanes of at least 4 members (excludes halogenated alkanes) is 3. The number of hydrogen-bond acceptors (Lipinski definition) is 5. The first-order chi connectivity index (χ1) is 12.8. The number of ether oxygens (including phenoxy) is 1. The molecule has 0 amide bonds. The summed E-state index contributed by atoms with van der Waals surface area (Å²) in [5, 5.41) is 0. The van der Waals surface area contributed by atoms with Crippen molar-refractivity contribution in [1.82, 2.24) is 0 Å². The molecular weight excluding hydrogens is 383 g/mol. The summed E-state index contributed by atoms with van der Waals surface area (Å²) in [6, 6.07) is 5.91. The van der Waals surface area contributed by atoms with Gasteiger partial charge in [-0.05, 0) is 37.5 Å². The highest BCUT2D eigenvalue weighted by molar-refractivity contribution is 7.94. The van der Waals surface area contributed by atoms with Gasteiger partial charge in [-0.1, -0.05) is 46.1 Å². The van der Waals surface area contributed by atoms with Crippen LogP contribution in [0.3, 0.4) is 0 Å². The zero-order valence-corrected chi connectivity index (χ0v) is 18.8. The van der Waals surface area contributed by atoms with E-state index in [0.717, 1.165) is 57.0 Å². The number of esters is 1. The van der Waals surface area contributed by atoms with E-state index in [-0.39, 0.29) is 10.5 Å². The topological polar surface area (TPSA) is 69.7 Å². The molecule has 0 saturated carbocycles. The molecule has 1 aromatic carbocycles. The molecular formula is C20H34O5PS+. The Labute approximate surface area is 165 Å². The largest absolute Gasteiger partial charge is 0.465 e. The van der Waals surface area contributed by atoms with Crippen molar-refractivity contribution in [1.29, 1.82) is 0 Å². The lowest BCUT2D eigenvalue weighted by molar-refractivity contribution is 0.0600. The van der Waals surface area contributed by atoms with Crippen LogP contribution in [-0.4, -0.2) is 40.0 Å². The van der Waals surface area contributed by atoms with Gasteiger partial charge in [0.1, 0.15) is 0 Å². The summed E-state index contributed by atoms with van der Waals surface area (Å²) in [5.74, 6) is -0.559. The van der Waals surface area contributed by atoms with E-state index in [9.17, 15) is 13.2 Å². The van der Waals surface area contributed by atoms with Crippen LogP contribution < -0.4 is 0 Å². The molecule has 0 spiro atoms. The Bertz CT molecular complexity index is 666. The fourth-order valence-electron chi connectivity index (χ4n) is 2.93. The summed E-state index contributed by atoms with van der Waals surface area (Å²) in [5.41, 5.74) is 0.210. The van der Waals surface area contributed by atoms with Gasteiger partial charge in [0.05, 0.1) is 36.1 Å². The highest BCUT2D eigenvalue weighted by Crippen LogP contribution is 2.63. The minimum atomic E-state index is -3.93. The maximum Gasteiger partial charge on any atom is 0.337 e. The third-order valence-electron chi connectivity index (χ3n) is 4.56. The van der Waals surface area contributed by atoms with Crippen LogP contribution >= 0.6 is 7.49 Å². The number of benzene rings is 1. The van der Waals surface area contributed by atoms with Gasteiger partial charge in [-0.25, -0.2) is 4.79 Å². The summed E-state index contributed by atoms with van der Waals surface area (Å²) in [6.07, 6.45) is 8.46. The monoisotopic (exact) mass is 417 g/mol. The van der Waals surface area contributed by atoms with Gasteiger partial charge >= 0.3 is 16.1 Å². The molecule has 0 saturated heterocycles. The number of rotatable bonds is 13. The average molecular weight is 418 g/mol. The number of hydrogen-bond donors (Lipinski definition) is 0. The second-order valence-electron chi connectivity index (χ2n) is 6.84. The first-order valence-corrected chi connectivity index (χ1v) is 13.5. The number of carbonyl (C=O) groups is 1. The van der Waals surface area contributed by atoms with Crippen LogP contribution in [0, 0.1) is 0 Å². The first-order valence-electron chi connectivity index (χ1n) is 9.84. The molecule has 0 unspecified atom stereocenters. The van der Waals surface area contributed by atoms with E-state index in [1.54, 1.807) is 12.1 Å². The molecule has 0 aliphatic carbocycles. The molecule has 1 aromatic rings. The van der Waals surface area contributed by atoms with E-state index < -0.39 is 23.6 Å². The van der Waals surface area contributed by atoms with E-state index in [1.165, 1.54) is 19.2 Å². The molecule has 0 heterocycles. The maximum atomic E-state index is 13.1. The predicted octanol–water partition coefficient (Wildman–Crippen LogP) is 5.51. The molecule has 1 rings (SSSR count). The Morgan fingerprint density at radius 3 is 1.93 bits per heavy atom. The smallest absolute Gasteiger partial charge is 0.337 e. The summed E-state index contributed by atoms with van der Waals surface area (Å²) in [7, 11) is -4.74. The summed E-state index contributed by atoms with van der Waals surface area (Å²) >= 11 is 0. The molecule has 5 nitrogen and oxygen atoms in total. The Hall–Kier alpha value is -0.970. The Kier molecular flexibility index (Phi) is 10.5. The third-order valence-corrected chi connectivity index (χ3v) is 10.8. The Morgan fingerprint density at radius 2 is 1.48 bits per heavy atom. The minimum absolute atomic E-state index is 0.0271. The first kappa shape index (κ1) is 24.1. The van der Waals surface area contributed by atoms with Crippen molar-refractivity contribution >= 4 is 23.6 Å². The van der Waals surface area contributed by atoms with Gasteiger partial charge < -0.3 is 4.74 Å². The van der Waals surface area contributed by atoms with Crippen LogP contribution in [0.2, 0.25) is 0 Å². The maximum absolute atomic E-state index is 13.1. The summed E-state index contributed by atoms with van der Waals surface area (Å²) in [6.45, 7) is 6.34. The highest BCUT2D eigenvalue weighted by Gasteiger charge is 2.43. The van der Waals surface area contributed by atoms with Crippen LogP contribution in [0.1, 0.15) is 69.7 Å². The average Bonchev–Trinajstić information content (AvgIpc) is 2.68. The molecule has 0 atom stereocenters. The zero-order chi connectivity index (χ0) is 20.3. The van der Waals surface area contributed by atoms with E-state index in [2.05, 4.69) is 20.8 Å². The van der Waals surface area contributed by atoms with Crippen molar-refractivity contribution in [2.75, 3.05) is 25.6 Å². The third kappa shape index (κ3) is 7.52. The summed E-state index contributed by atoms with van der Waals surface area (Å²) < 4.78 is 36.8. The quantitative estimate of drug-likeness (QED) is 0.313. The fourth-order valence-corrected chi connectivity index (χ4v) is 9.70. The van der Waals surface area contributed by atoms with Crippen LogP contribution in [0.15, 0.2) is 29.2 Å². The number of carbonyl (C=O) groups excluding carboxylic acids is 1. The zero-order valence-electron chi connectivity index (χ0n) is 17.1. The van der Waals surface area contributed by atoms with E-state index >= 15 is 0 Å². The van der Waals surface area contributed by atoms with Crippen molar-refractivity contribution in [2.45, 2.75) is 64.2 Å². The normalized spacial score (nSPS) is 12.1. The Balaban J connectivity index is 3.20. The SMILES string of the molecule is CCCC[P+](CCCC)(CCCC)OS(=O)(=O)c1cccc(C(=O)OC)c1. The lowest BCUT2D eigenvalue weighted by Gasteiger charge is -2.25. The molecule has 27 heavy (non-hydrogen) atoms. The summed E-state index contributed by atoms with van der Waals surface area (Å²) in [4.78, 5) is 11.8. The van der Waals surface area contributed by atoms with E-state index in [1.807, 2.05) is 0 Å². The van der Waals surface area contributed by atoms with E-state index in [0.29, 0.717) is 0 Å². The second kappa shape index (κ2) is 11.8. The van der Waals surface area contributed by atoms with Crippen LogP contribution in [0.5, 0.6) is 0 Å². The van der Waals surface area contributed by atoms with Gasteiger partial charge in [-0.15, -0.1) is 3.97 Å². The highest BCUT2D eigenvalue weighted by atomic mass is 32.2. The molecule has 0 aliphatic rings. The van der Waals surface area contributed by atoms with E-state index in [4.69, 9.17) is 8.71 Å². The van der Waals surface area contributed by atoms with Gasteiger partial charge in [0.15, 0.2) is 7.49 Å². The molecule has 154 valence electrons. The van der Waals surface area contributed by atoms with Gasteiger partial charge in [0.25, 0.3) is 0 Å². The minimum Gasteiger partial charge on any atom is -0.465 e. The van der Waals surface area contributed by atoms with Crippen LogP contribution in [0.25, 0.3) is 0 Å². The Morgan fingerprint density at radius 1 is 0.963 bits per heavy atom. The molecule has 0 aliphatic heterocycles. The number of methoxy groups -OCH3 is 1. The molecule has 0 aromatic heterocycles. The van der Waals surface area contributed by atoms with Crippen molar-refractivity contribution in [3.63, 3.8) is 0 Å². The lowest BCUT2D eigenvalue weighted by Crippen LogP contribution is -2.17. The van der Waals surface area contributed by atoms with Crippen molar-refractivity contribution in [2.24, 2.45) is 0 Å². The van der Waals surface area contributed by atoms with Gasteiger partial charge in [0.2, 0.25) is 0 Å². The lowest BCUT2D eigenvalue weighted by atomic mass is 10.2. The molecule has 0 N–H and O–H groups in total. The molecule has 7 heteroatoms. The van der Waals surface area contributed by atoms with Crippen LogP contribution in [0.4, 0.5) is 0 Å². The standard InChI is InChI=1S/C20H34O5PS/c1-5-8-14-26(15-9-6-2,16-10-7-3)25-27(22,23)19-13-11-12-18(17-19)20(21)24-4/h11-13,17H,5-10,14-16H2,1-4H3/q+1. The van der Waals surface area contributed by atoms with Gasteiger partial charge in [-0.2, -0.15) is 8.42 Å². The fraction of sp³-hybridized carbons (Fsp3) is 0.650. The van der Waals surface area contributed by atoms with Gasteiger partial charge in [-0.3, -0.25) is 0 Å². The van der Waals surface area contributed by atoms with Gasteiger partial charge in [0, 0.05) is 0 Å².